The largest absolute Gasteiger partial charge is 0.296 e. The number of halogens is 3. The Morgan fingerprint density at radius 1 is 0.896 bits per heavy atom. The molecule has 2 aromatic heterocycles. The van der Waals surface area contributed by atoms with Crippen LogP contribution in [0.2, 0.25) is 5.02 Å². The Balaban J connectivity index is 1.24. The van der Waals surface area contributed by atoms with Crippen molar-refractivity contribution in [2.75, 3.05) is 13.1 Å². The van der Waals surface area contributed by atoms with Gasteiger partial charge in [-0.1, -0.05) is 74.2 Å². The summed E-state index contributed by atoms with van der Waals surface area (Å²) in [5.74, 6) is 1.25. The van der Waals surface area contributed by atoms with E-state index in [4.69, 9.17) is 11.6 Å². The lowest BCUT2D eigenvalue weighted by Crippen LogP contribution is -2.36. The molecule has 9 heteroatoms. The minimum Gasteiger partial charge on any atom is -0.296 e. The Kier molecular flexibility index (Phi) is 11.1. The SMILES string of the molecule is CCCCCCc1cc(C(=O)c2ccccc2Cl)c(-n2c(C)nnc2CN2CCC(C(c3ccc(F)cc3)c3ccc(F)cc3)CC2)s1. The molecule has 250 valence electrons. The zero-order valence-electron chi connectivity index (χ0n) is 27.5. The Bertz CT molecular complexity index is 1780. The van der Waals surface area contributed by atoms with E-state index >= 15 is 0 Å². The quantitative estimate of drug-likeness (QED) is 0.0914. The topological polar surface area (TPSA) is 51.0 Å². The standard InChI is InChI=1S/C39H41ClF2N4OS/c1-3-4-5-6-9-32-24-34(38(47)33-10-7-8-11-35(33)40)39(48-32)46-26(2)43-44-36(46)25-45-22-20-29(21-23-45)37(27-12-16-30(41)17-13-27)28-14-18-31(42)19-15-28/h7-8,10-19,24,29,37H,3-6,9,20-23,25H2,1-2H3. The minimum absolute atomic E-state index is 0.0412. The van der Waals surface area contributed by atoms with Gasteiger partial charge in [0.15, 0.2) is 11.6 Å². The second-order valence-electron chi connectivity index (χ2n) is 12.7. The molecule has 0 bridgehead atoms. The number of hydrogen-bond acceptors (Lipinski definition) is 5. The number of carbonyl (C=O) groups is 1. The van der Waals surface area contributed by atoms with E-state index in [0.717, 1.165) is 73.0 Å². The third-order valence-electron chi connectivity index (χ3n) is 9.43. The van der Waals surface area contributed by atoms with Gasteiger partial charge in [-0.2, -0.15) is 0 Å². The predicted molar refractivity (Wildman–Crippen MR) is 189 cm³/mol. The molecule has 3 aromatic carbocycles. The zero-order valence-corrected chi connectivity index (χ0v) is 29.0. The van der Waals surface area contributed by atoms with Crippen LogP contribution < -0.4 is 0 Å². The van der Waals surface area contributed by atoms with Gasteiger partial charge in [-0.15, -0.1) is 21.5 Å². The third kappa shape index (κ3) is 7.77. The molecule has 1 fully saturated rings. The van der Waals surface area contributed by atoms with Gasteiger partial charge in [0.1, 0.15) is 22.5 Å². The van der Waals surface area contributed by atoms with E-state index in [1.165, 1.54) is 42.0 Å². The molecular weight excluding hydrogens is 646 g/mol. The zero-order chi connectivity index (χ0) is 33.6. The second-order valence-corrected chi connectivity index (χ2v) is 14.3. The molecule has 0 aliphatic carbocycles. The third-order valence-corrected chi connectivity index (χ3v) is 10.9. The van der Waals surface area contributed by atoms with Gasteiger partial charge < -0.3 is 0 Å². The van der Waals surface area contributed by atoms with Crippen molar-refractivity contribution in [3.05, 3.63) is 134 Å². The van der Waals surface area contributed by atoms with Gasteiger partial charge in [0.05, 0.1) is 17.1 Å². The fourth-order valence-electron chi connectivity index (χ4n) is 6.89. The summed E-state index contributed by atoms with van der Waals surface area (Å²) in [6.07, 6.45) is 7.37. The first kappa shape index (κ1) is 34.2. The molecule has 3 heterocycles. The number of thiophene rings is 1. The number of carbonyl (C=O) groups excluding carboxylic acids is 1. The van der Waals surface area contributed by atoms with Crippen molar-refractivity contribution in [2.45, 2.75) is 71.3 Å². The fourth-order valence-corrected chi connectivity index (χ4v) is 8.38. The van der Waals surface area contributed by atoms with Crippen molar-refractivity contribution in [1.29, 1.82) is 0 Å². The van der Waals surface area contributed by atoms with E-state index < -0.39 is 0 Å². The molecule has 0 atom stereocenters. The van der Waals surface area contributed by atoms with Crippen LogP contribution in [0.5, 0.6) is 0 Å². The normalized spacial score (nSPS) is 14.2. The summed E-state index contributed by atoms with van der Waals surface area (Å²) in [5, 5.41) is 10.4. The van der Waals surface area contributed by atoms with Crippen molar-refractivity contribution in [2.24, 2.45) is 5.92 Å². The number of unbranched alkanes of at least 4 members (excludes halogenated alkanes) is 3. The van der Waals surface area contributed by atoms with E-state index in [1.54, 1.807) is 23.5 Å². The van der Waals surface area contributed by atoms with Crippen LogP contribution in [0, 0.1) is 24.5 Å². The lowest BCUT2D eigenvalue weighted by molar-refractivity contribution is 0.103. The smallest absolute Gasteiger partial charge is 0.197 e. The highest BCUT2D eigenvalue weighted by Crippen LogP contribution is 2.39. The average molecular weight is 687 g/mol. The number of nitrogens with zero attached hydrogens (tertiary/aromatic N) is 4. The van der Waals surface area contributed by atoms with E-state index in [1.807, 2.05) is 49.4 Å². The second kappa shape index (κ2) is 15.7. The Morgan fingerprint density at radius 3 is 2.17 bits per heavy atom. The first-order valence-electron chi connectivity index (χ1n) is 16.9. The van der Waals surface area contributed by atoms with Crippen LogP contribution in [0.4, 0.5) is 8.78 Å². The lowest BCUT2D eigenvalue weighted by Gasteiger charge is -2.36. The van der Waals surface area contributed by atoms with Gasteiger partial charge in [0, 0.05) is 16.4 Å². The Labute approximate surface area is 290 Å². The monoisotopic (exact) mass is 686 g/mol. The molecule has 48 heavy (non-hydrogen) atoms. The van der Waals surface area contributed by atoms with Gasteiger partial charge in [-0.3, -0.25) is 14.3 Å². The van der Waals surface area contributed by atoms with Crippen LogP contribution in [0.1, 0.15) is 94.9 Å². The number of hydrogen-bond donors (Lipinski definition) is 0. The number of ketones is 1. The van der Waals surface area contributed by atoms with Crippen molar-refractivity contribution < 1.29 is 13.6 Å². The van der Waals surface area contributed by atoms with Gasteiger partial charge in [-0.05, 0) is 105 Å². The number of benzene rings is 3. The highest BCUT2D eigenvalue weighted by molar-refractivity contribution is 7.15. The van der Waals surface area contributed by atoms with E-state index in [9.17, 15) is 13.6 Å². The van der Waals surface area contributed by atoms with Crippen molar-refractivity contribution in [1.82, 2.24) is 19.7 Å². The molecule has 1 aliphatic heterocycles. The maximum absolute atomic E-state index is 14.0. The van der Waals surface area contributed by atoms with Gasteiger partial charge >= 0.3 is 0 Å². The fraction of sp³-hybridized carbons (Fsp3) is 0.359. The number of rotatable bonds is 13. The van der Waals surface area contributed by atoms with Crippen molar-refractivity contribution >= 4 is 28.7 Å². The first-order valence-corrected chi connectivity index (χ1v) is 18.1. The number of aromatic nitrogens is 3. The van der Waals surface area contributed by atoms with Crippen LogP contribution in [0.25, 0.3) is 5.00 Å². The molecule has 5 aromatic rings. The number of likely N-dealkylation sites (tertiary alicyclic amines) is 1. The average Bonchev–Trinajstić information content (AvgIpc) is 3.68. The Hall–Kier alpha value is -3.72. The van der Waals surface area contributed by atoms with Crippen molar-refractivity contribution in [3.63, 3.8) is 0 Å². The van der Waals surface area contributed by atoms with Crippen LogP contribution in [0.3, 0.4) is 0 Å². The molecular formula is C39H41ClF2N4OS. The predicted octanol–water partition coefficient (Wildman–Crippen LogP) is 9.97. The van der Waals surface area contributed by atoms with E-state index in [0.29, 0.717) is 28.6 Å². The minimum atomic E-state index is -0.267. The lowest BCUT2D eigenvalue weighted by atomic mass is 9.76. The summed E-state index contributed by atoms with van der Waals surface area (Å²) < 4.78 is 29.7. The molecule has 0 unspecified atom stereocenters. The van der Waals surface area contributed by atoms with Crippen LogP contribution in [-0.2, 0) is 13.0 Å². The van der Waals surface area contributed by atoms with Crippen molar-refractivity contribution in [3.8, 4) is 5.00 Å². The molecule has 0 spiro atoms. The molecule has 1 saturated heterocycles. The molecule has 0 N–H and O–H groups in total. The molecule has 1 aliphatic rings. The van der Waals surface area contributed by atoms with Crippen LogP contribution in [0.15, 0.2) is 78.9 Å². The maximum Gasteiger partial charge on any atom is 0.197 e. The van der Waals surface area contributed by atoms with Crippen LogP contribution in [-0.4, -0.2) is 38.5 Å². The Morgan fingerprint density at radius 2 is 1.54 bits per heavy atom. The van der Waals surface area contributed by atoms with Gasteiger partial charge in [0.25, 0.3) is 0 Å². The summed E-state index contributed by atoms with van der Waals surface area (Å²) in [4.78, 5) is 17.5. The molecule has 0 radical (unpaired) electrons. The summed E-state index contributed by atoms with van der Waals surface area (Å²) in [6.45, 7) is 6.41. The highest BCUT2D eigenvalue weighted by atomic mass is 35.5. The molecule has 0 saturated carbocycles. The molecule has 6 rings (SSSR count). The molecule has 0 amide bonds. The molecule has 5 nitrogen and oxygen atoms in total. The summed E-state index contributed by atoms with van der Waals surface area (Å²) in [5.41, 5.74) is 3.19. The number of aryl methyl sites for hydroxylation is 2. The van der Waals surface area contributed by atoms with Crippen LogP contribution >= 0.6 is 22.9 Å². The van der Waals surface area contributed by atoms with E-state index in [-0.39, 0.29) is 23.3 Å². The number of piperidine rings is 1. The summed E-state index contributed by atoms with van der Waals surface area (Å²) >= 11 is 8.14. The van der Waals surface area contributed by atoms with E-state index in [2.05, 4.69) is 26.6 Å². The summed E-state index contributed by atoms with van der Waals surface area (Å²) in [6, 6.07) is 22.6. The van der Waals surface area contributed by atoms with Gasteiger partial charge in [-0.25, -0.2) is 8.78 Å². The highest BCUT2D eigenvalue weighted by Gasteiger charge is 2.31. The maximum atomic E-state index is 14.0. The summed E-state index contributed by atoms with van der Waals surface area (Å²) in [7, 11) is 0. The first-order chi connectivity index (χ1) is 23.3. The van der Waals surface area contributed by atoms with Gasteiger partial charge in [0.2, 0.25) is 0 Å².